The van der Waals surface area contributed by atoms with Gasteiger partial charge >= 0.3 is 5.97 Å². The van der Waals surface area contributed by atoms with Crippen LogP contribution in [0.2, 0.25) is 0 Å². The van der Waals surface area contributed by atoms with E-state index in [4.69, 9.17) is 9.47 Å². The van der Waals surface area contributed by atoms with Gasteiger partial charge in [-0.3, -0.25) is 19.3 Å². The van der Waals surface area contributed by atoms with Gasteiger partial charge in [0.2, 0.25) is 0 Å². The number of carbonyl (C=O) groups excluding carboxylic acids is 3. The van der Waals surface area contributed by atoms with Crippen LogP contribution >= 0.6 is 27.7 Å². The minimum atomic E-state index is -0.641. The van der Waals surface area contributed by atoms with Crippen molar-refractivity contribution in [2.75, 3.05) is 6.54 Å². The van der Waals surface area contributed by atoms with Crippen LogP contribution in [0.1, 0.15) is 25.0 Å². The molecule has 31 heavy (non-hydrogen) atoms. The Morgan fingerprint density at radius 2 is 1.97 bits per heavy atom. The number of hydrogen-bond donors (Lipinski definition) is 0. The first-order valence-corrected chi connectivity index (χ1v) is 11.0. The lowest BCUT2D eigenvalue weighted by molar-refractivity contribution is -0.149. The predicted octanol–water partition coefficient (Wildman–Crippen LogP) is 5.16. The highest BCUT2D eigenvalue weighted by Crippen LogP contribution is 2.34. The van der Waals surface area contributed by atoms with Crippen molar-refractivity contribution < 1.29 is 28.2 Å². The lowest BCUT2D eigenvalue weighted by Gasteiger charge is -2.13. The number of amides is 2. The van der Waals surface area contributed by atoms with E-state index < -0.39 is 23.7 Å². The molecule has 0 spiro atoms. The maximum absolute atomic E-state index is 13.7. The van der Waals surface area contributed by atoms with Crippen LogP contribution in [0, 0.1) is 5.82 Å². The summed E-state index contributed by atoms with van der Waals surface area (Å²) in [6.45, 7) is 3.02. The molecule has 0 radical (unpaired) electrons. The first-order valence-electron chi connectivity index (χ1n) is 9.35. The van der Waals surface area contributed by atoms with E-state index in [-0.39, 0.29) is 23.4 Å². The van der Waals surface area contributed by atoms with Crippen molar-refractivity contribution in [1.29, 1.82) is 0 Å². The van der Waals surface area contributed by atoms with Gasteiger partial charge in [-0.2, -0.15) is 0 Å². The Labute approximate surface area is 191 Å². The molecule has 0 bridgehead atoms. The van der Waals surface area contributed by atoms with E-state index in [0.29, 0.717) is 21.3 Å². The standard InChI is InChI=1S/C22H19BrFNO5S/c1-13(2)30-20(26)11-25-21(27)19(31-22(25)28)10-14-7-8-18(16(23)9-14)29-12-15-5-3-4-6-17(15)24/h3-10,13H,11-12H2,1-2H3/b19-10+. The molecule has 1 saturated heterocycles. The topological polar surface area (TPSA) is 72.9 Å². The Bertz CT molecular complexity index is 1060. The third-order valence-corrected chi connectivity index (χ3v) is 5.65. The van der Waals surface area contributed by atoms with Crippen LogP contribution in [0.4, 0.5) is 9.18 Å². The van der Waals surface area contributed by atoms with Gasteiger partial charge in [-0.1, -0.05) is 24.3 Å². The van der Waals surface area contributed by atoms with E-state index in [1.807, 2.05) is 0 Å². The Kier molecular flexibility index (Phi) is 7.50. The van der Waals surface area contributed by atoms with Gasteiger partial charge in [-0.05, 0) is 71.4 Å². The summed E-state index contributed by atoms with van der Waals surface area (Å²) in [5.74, 6) is -1.03. The highest BCUT2D eigenvalue weighted by molar-refractivity contribution is 9.10. The van der Waals surface area contributed by atoms with Gasteiger partial charge in [-0.15, -0.1) is 0 Å². The third kappa shape index (κ3) is 5.95. The molecule has 2 aromatic carbocycles. The third-order valence-electron chi connectivity index (χ3n) is 4.12. The molecule has 0 atom stereocenters. The molecule has 2 amide bonds. The summed E-state index contributed by atoms with van der Waals surface area (Å²) in [4.78, 5) is 37.5. The van der Waals surface area contributed by atoms with Gasteiger partial charge in [0.05, 0.1) is 15.5 Å². The van der Waals surface area contributed by atoms with Crippen molar-refractivity contribution in [1.82, 2.24) is 4.90 Å². The largest absolute Gasteiger partial charge is 0.488 e. The minimum Gasteiger partial charge on any atom is -0.488 e. The lowest BCUT2D eigenvalue weighted by Crippen LogP contribution is -2.35. The Balaban J connectivity index is 1.68. The summed E-state index contributed by atoms with van der Waals surface area (Å²) in [6, 6.07) is 11.5. The van der Waals surface area contributed by atoms with Gasteiger partial charge in [-0.25, -0.2) is 4.39 Å². The summed E-state index contributed by atoms with van der Waals surface area (Å²) in [5, 5.41) is -0.527. The average molecular weight is 508 g/mol. The first-order chi connectivity index (χ1) is 14.7. The molecule has 3 rings (SSSR count). The number of carbonyl (C=O) groups is 3. The van der Waals surface area contributed by atoms with Crippen molar-refractivity contribution in [2.45, 2.75) is 26.6 Å². The maximum atomic E-state index is 13.7. The summed E-state index contributed by atoms with van der Waals surface area (Å²) < 4.78 is 25.0. The zero-order valence-electron chi connectivity index (χ0n) is 16.8. The van der Waals surface area contributed by atoms with Crippen molar-refractivity contribution in [2.24, 2.45) is 0 Å². The SMILES string of the molecule is CC(C)OC(=O)CN1C(=O)S/C(=C/c2ccc(OCc3ccccc3F)c(Br)c2)C1=O. The molecule has 1 aliphatic heterocycles. The normalized spacial score (nSPS) is 15.1. The van der Waals surface area contributed by atoms with E-state index in [0.717, 1.165) is 16.7 Å². The summed E-state index contributed by atoms with van der Waals surface area (Å²) in [5.41, 5.74) is 1.09. The zero-order chi connectivity index (χ0) is 22.5. The predicted molar refractivity (Wildman–Crippen MR) is 119 cm³/mol. The number of benzene rings is 2. The summed E-state index contributed by atoms with van der Waals surface area (Å²) >= 11 is 4.16. The number of rotatable bonds is 7. The van der Waals surface area contributed by atoms with Crippen LogP contribution in [-0.2, 0) is 20.9 Å². The molecule has 1 fully saturated rings. The molecule has 0 N–H and O–H groups in total. The number of halogens is 2. The van der Waals surface area contributed by atoms with Crippen molar-refractivity contribution >= 4 is 50.9 Å². The average Bonchev–Trinajstić information content (AvgIpc) is 2.95. The molecule has 9 heteroatoms. The van der Waals surface area contributed by atoms with Crippen molar-refractivity contribution in [3.8, 4) is 5.75 Å². The van der Waals surface area contributed by atoms with E-state index in [1.54, 1.807) is 56.3 Å². The Morgan fingerprint density at radius 3 is 2.65 bits per heavy atom. The molecular weight excluding hydrogens is 489 g/mol. The van der Waals surface area contributed by atoms with Gasteiger partial charge in [0, 0.05) is 5.56 Å². The summed E-state index contributed by atoms with van der Waals surface area (Å²) in [6.07, 6.45) is 1.23. The molecule has 162 valence electrons. The molecular formula is C22H19BrFNO5S. The smallest absolute Gasteiger partial charge is 0.326 e. The van der Waals surface area contributed by atoms with E-state index >= 15 is 0 Å². The fourth-order valence-electron chi connectivity index (χ4n) is 2.71. The highest BCUT2D eigenvalue weighted by Gasteiger charge is 2.36. The maximum Gasteiger partial charge on any atom is 0.326 e. The fourth-order valence-corrected chi connectivity index (χ4v) is 4.06. The molecule has 0 aliphatic carbocycles. The zero-order valence-corrected chi connectivity index (χ0v) is 19.2. The molecule has 2 aromatic rings. The number of thioether (sulfide) groups is 1. The van der Waals surface area contributed by atoms with Crippen LogP contribution in [0.3, 0.4) is 0 Å². The van der Waals surface area contributed by atoms with Gasteiger partial charge in [0.25, 0.3) is 11.1 Å². The molecule has 0 saturated carbocycles. The molecule has 6 nitrogen and oxygen atoms in total. The number of imide groups is 1. The second-order valence-electron chi connectivity index (χ2n) is 6.88. The lowest BCUT2D eigenvalue weighted by atomic mass is 10.2. The van der Waals surface area contributed by atoms with E-state index in [9.17, 15) is 18.8 Å². The van der Waals surface area contributed by atoms with E-state index in [2.05, 4.69) is 15.9 Å². The monoisotopic (exact) mass is 507 g/mol. The Morgan fingerprint density at radius 1 is 1.23 bits per heavy atom. The van der Waals surface area contributed by atoms with Crippen LogP contribution in [0.15, 0.2) is 51.8 Å². The van der Waals surface area contributed by atoms with Gasteiger partial charge in [0.15, 0.2) is 0 Å². The molecule has 1 aliphatic rings. The highest BCUT2D eigenvalue weighted by atomic mass is 79.9. The second kappa shape index (κ2) is 10.1. The van der Waals surface area contributed by atoms with Crippen molar-refractivity contribution in [3.63, 3.8) is 0 Å². The quantitative estimate of drug-likeness (QED) is 0.380. The summed E-state index contributed by atoms with van der Waals surface area (Å²) in [7, 11) is 0. The first kappa shape index (κ1) is 23.0. The van der Waals surface area contributed by atoms with Gasteiger partial charge < -0.3 is 9.47 Å². The molecule has 0 aromatic heterocycles. The number of esters is 1. The number of nitrogens with zero attached hydrogens (tertiary/aromatic N) is 1. The second-order valence-corrected chi connectivity index (χ2v) is 8.72. The molecule has 1 heterocycles. The number of hydrogen-bond acceptors (Lipinski definition) is 6. The van der Waals surface area contributed by atoms with Crippen LogP contribution in [0.25, 0.3) is 6.08 Å². The number of ether oxygens (including phenoxy) is 2. The van der Waals surface area contributed by atoms with Gasteiger partial charge in [0.1, 0.15) is 24.7 Å². The van der Waals surface area contributed by atoms with Crippen molar-refractivity contribution in [3.05, 3.63) is 68.8 Å². The minimum absolute atomic E-state index is 0.0655. The Hall–Kier alpha value is -2.65. The van der Waals surface area contributed by atoms with Crippen LogP contribution in [0.5, 0.6) is 5.75 Å². The van der Waals surface area contributed by atoms with Crippen LogP contribution in [-0.4, -0.2) is 34.7 Å². The van der Waals surface area contributed by atoms with Crippen LogP contribution < -0.4 is 4.74 Å². The molecule has 0 unspecified atom stereocenters. The van der Waals surface area contributed by atoms with E-state index in [1.165, 1.54) is 6.07 Å². The fraction of sp³-hybridized carbons (Fsp3) is 0.227.